The zero-order chi connectivity index (χ0) is 29.7. The molecule has 2 heterocycles. The van der Waals surface area contributed by atoms with Gasteiger partial charge in [0.25, 0.3) is 15.9 Å². The van der Waals surface area contributed by atoms with Crippen molar-refractivity contribution in [2.24, 2.45) is 0 Å². The molecule has 3 amide bonds. The van der Waals surface area contributed by atoms with Crippen LogP contribution in [-0.4, -0.2) is 59.9 Å². The number of benzene rings is 2. The Hall–Kier alpha value is -3.74. The molecule has 1 saturated heterocycles. The topological polar surface area (TPSA) is 136 Å². The Balaban J connectivity index is 1.68. The molecule has 1 aliphatic heterocycles. The molecule has 1 fully saturated rings. The lowest BCUT2D eigenvalue weighted by molar-refractivity contribution is -0.138. The van der Waals surface area contributed by atoms with Crippen molar-refractivity contribution in [2.75, 3.05) is 18.4 Å². The Morgan fingerprint density at radius 3 is 2.37 bits per heavy atom. The monoisotopic (exact) mass is 598 g/mol. The van der Waals surface area contributed by atoms with E-state index in [1.165, 1.54) is 11.0 Å². The minimum absolute atomic E-state index is 0.0131. The average Bonchev–Trinajstić information content (AvgIpc) is 3.48. The molecule has 0 bridgehead atoms. The lowest BCUT2D eigenvalue weighted by Gasteiger charge is -2.41. The SMILES string of the molecule is Cc1cccc(C(CC(=O)O)NC(=O)C2N(C(=O)Nc3ccc(C(C)C)cc3)CCCN2S(=O)(=O)c2cccs2)c1. The van der Waals surface area contributed by atoms with Crippen LogP contribution in [0.1, 0.15) is 55.3 Å². The van der Waals surface area contributed by atoms with E-state index in [2.05, 4.69) is 24.5 Å². The minimum Gasteiger partial charge on any atom is -0.481 e. The van der Waals surface area contributed by atoms with E-state index in [0.717, 1.165) is 26.8 Å². The van der Waals surface area contributed by atoms with Crippen molar-refractivity contribution in [3.8, 4) is 0 Å². The lowest BCUT2D eigenvalue weighted by atomic mass is 10.0. The first-order valence-corrected chi connectivity index (χ1v) is 15.6. The summed E-state index contributed by atoms with van der Waals surface area (Å²) in [5.74, 6) is -1.62. The van der Waals surface area contributed by atoms with Gasteiger partial charge in [-0.05, 0) is 54.0 Å². The van der Waals surface area contributed by atoms with Crippen molar-refractivity contribution in [2.45, 2.75) is 55.9 Å². The van der Waals surface area contributed by atoms with Crippen molar-refractivity contribution in [3.05, 3.63) is 82.7 Å². The number of hydrogen-bond donors (Lipinski definition) is 3. The standard InChI is InChI=1S/C29H34N4O6S2/c1-19(2)21-10-12-23(13-11-21)30-29(37)32-14-6-15-33(41(38,39)26-9-5-16-40-26)28(32)27(36)31-24(18-25(34)35)22-8-4-7-20(3)17-22/h4-5,7-13,16-17,19,24,28H,6,14-15,18H2,1-3H3,(H,30,37)(H,31,36)(H,34,35). The number of amides is 3. The normalized spacial score (nSPS) is 16.8. The van der Waals surface area contributed by atoms with Crippen LogP contribution in [0.3, 0.4) is 0 Å². The molecular weight excluding hydrogens is 564 g/mol. The number of nitrogens with zero attached hydrogens (tertiary/aromatic N) is 2. The summed E-state index contributed by atoms with van der Waals surface area (Å²) in [6, 6.07) is 15.8. The first kappa shape index (κ1) is 30.2. The van der Waals surface area contributed by atoms with Gasteiger partial charge in [-0.3, -0.25) is 14.5 Å². The molecule has 2 unspecified atom stereocenters. The van der Waals surface area contributed by atoms with Crippen LogP contribution in [0, 0.1) is 6.92 Å². The average molecular weight is 599 g/mol. The zero-order valence-electron chi connectivity index (χ0n) is 23.1. The van der Waals surface area contributed by atoms with Gasteiger partial charge >= 0.3 is 12.0 Å². The number of carboxylic acid groups (broad SMARTS) is 1. The number of rotatable bonds is 9. The highest BCUT2D eigenvalue weighted by Crippen LogP contribution is 2.29. The number of anilines is 1. The van der Waals surface area contributed by atoms with E-state index in [1.807, 2.05) is 25.1 Å². The Kier molecular flexibility index (Phi) is 9.46. The third kappa shape index (κ3) is 7.13. The molecule has 1 aliphatic rings. The van der Waals surface area contributed by atoms with Crippen LogP contribution >= 0.6 is 11.3 Å². The number of urea groups is 1. The van der Waals surface area contributed by atoms with E-state index in [9.17, 15) is 27.9 Å². The molecule has 0 radical (unpaired) electrons. The van der Waals surface area contributed by atoms with E-state index < -0.39 is 46.6 Å². The fraction of sp³-hybridized carbons (Fsp3) is 0.345. The van der Waals surface area contributed by atoms with E-state index in [0.29, 0.717) is 23.6 Å². The third-order valence-corrected chi connectivity index (χ3v) is 10.1. The van der Waals surface area contributed by atoms with Crippen molar-refractivity contribution in [1.82, 2.24) is 14.5 Å². The second kappa shape index (κ2) is 12.8. The highest BCUT2D eigenvalue weighted by molar-refractivity contribution is 7.91. The molecule has 4 rings (SSSR count). The van der Waals surface area contributed by atoms with Gasteiger partial charge in [-0.25, -0.2) is 13.2 Å². The Morgan fingerprint density at radius 2 is 1.76 bits per heavy atom. The quantitative estimate of drug-likeness (QED) is 0.325. The molecule has 218 valence electrons. The van der Waals surface area contributed by atoms with Gasteiger partial charge in [-0.1, -0.05) is 61.9 Å². The summed E-state index contributed by atoms with van der Waals surface area (Å²) in [6.07, 6.45) is -1.65. The predicted octanol–water partition coefficient (Wildman–Crippen LogP) is 4.77. The molecule has 2 atom stereocenters. The summed E-state index contributed by atoms with van der Waals surface area (Å²) in [6.45, 7) is 6.10. The molecule has 0 aliphatic carbocycles. The van der Waals surface area contributed by atoms with Crippen molar-refractivity contribution in [3.63, 3.8) is 0 Å². The molecule has 3 aromatic rings. The molecule has 12 heteroatoms. The number of thiophene rings is 1. The van der Waals surface area contributed by atoms with Crippen LogP contribution in [0.2, 0.25) is 0 Å². The van der Waals surface area contributed by atoms with E-state index in [4.69, 9.17) is 0 Å². The van der Waals surface area contributed by atoms with Crippen molar-refractivity contribution >= 4 is 45.0 Å². The van der Waals surface area contributed by atoms with Crippen LogP contribution in [0.25, 0.3) is 0 Å². The smallest absolute Gasteiger partial charge is 0.323 e. The van der Waals surface area contributed by atoms with Crippen LogP contribution in [-0.2, 0) is 19.6 Å². The van der Waals surface area contributed by atoms with Crippen molar-refractivity contribution < 1.29 is 27.9 Å². The van der Waals surface area contributed by atoms with Crippen LogP contribution < -0.4 is 10.6 Å². The number of carboxylic acids is 1. The van der Waals surface area contributed by atoms with E-state index in [-0.39, 0.29) is 17.3 Å². The first-order valence-electron chi connectivity index (χ1n) is 13.3. The maximum Gasteiger partial charge on any atom is 0.323 e. The fourth-order valence-corrected chi connectivity index (χ4v) is 7.48. The summed E-state index contributed by atoms with van der Waals surface area (Å²) in [4.78, 5) is 40.4. The summed E-state index contributed by atoms with van der Waals surface area (Å²) >= 11 is 1.02. The number of aryl methyl sites for hydroxylation is 1. The molecule has 3 N–H and O–H groups in total. The summed E-state index contributed by atoms with van der Waals surface area (Å²) in [5, 5.41) is 16.7. The Morgan fingerprint density at radius 1 is 1.02 bits per heavy atom. The lowest BCUT2D eigenvalue weighted by Crippen LogP contribution is -2.64. The molecular formula is C29H34N4O6S2. The fourth-order valence-electron chi connectivity index (χ4n) is 4.77. The number of carbonyl (C=O) groups excluding carboxylic acids is 2. The molecule has 0 saturated carbocycles. The largest absolute Gasteiger partial charge is 0.481 e. The minimum atomic E-state index is -4.14. The zero-order valence-corrected chi connectivity index (χ0v) is 24.7. The number of sulfonamides is 1. The van der Waals surface area contributed by atoms with Gasteiger partial charge in [0.1, 0.15) is 4.21 Å². The summed E-state index contributed by atoms with van der Waals surface area (Å²) < 4.78 is 28.4. The Bertz CT molecular complexity index is 1490. The number of hydrogen-bond acceptors (Lipinski definition) is 6. The molecule has 0 spiro atoms. The van der Waals surface area contributed by atoms with E-state index >= 15 is 0 Å². The van der Waals surface area contributed by atoms with Gasteiger partial charge in [0.2, 0.25) is 0 Å². The van der Waals surface area contributed by atoms with Gasteiger partial charge in [0, 0.05) is 18.8 Å². The maximum atomic E-state index is 13.9. The first-order chi connectivity index (χ1) is 19.5. The summed E-state index contributed by atoms with van der Waals surface area (Å²) in [5.41, 5.74) is 3.02. The third-order valence-electron chi connectivity index (χ3n) is 6.87. The molecule has 41 heavy (non-hydrogen) atoms. The van der Waals surface area contributed by atoms with Crippen LogP contribution in [0.15, 0.2) is 70.3 Å². The predicted molar refractivity (Wildman–Crippen MR) is 157 cm³/mol. The van der Waals surface area contributed by atoms with Gasteiger partial charge in [-0.2, -0.15) is 4.31 Å². The number of aliphatic carboxylic acids is 1. The summed E-state index contributed by atoms with van der Waals surface area (Å²) in [7, 11) is -4.14. The highest BCUT2D eigenvalue weighted by atomic mass is 32.2. The highest BCUT2D eigenvalue weighted by Gasteiger charge is 2.45. The number of carbonyl (C=O) groups is 3. The maximum absolute atomic E-state index is 13.9. The molecule has 10 nitrogen and oxygen atoms in total. The van der Waals surface area contributed by atoms with Crippen LogP contribution in [0.5, 0.6) is 0 Å². The van der Waals surface area contributed by atoms with E-state index in [1.54, 1.807) is 41.8 Å². The second-order valence-electron chi connectivity index (χ2n) is 10.2. The molecule has 1 aromatic heterocycles. The van der Waals surface area contributed by atoms with Crippen molar-refractivity contribution in [1.29, 1.82) is 0 Å². The second-order valence-corrected chi connectivity index (χ2v) is 13.3. The van der Waals surface area contributed by atoms with Gasteiger partial charge < -0.3 is 15.7 Å². The Labute approximate surface area is 244 Å². The van der Waals surface area contributed by atoms with Gasteiger partial charge in [0.05, 0.1) is 12.5 Å². The van der Waals surface area contributed by atoms with Gasteiger partial charge in [0.15, 0.2) is 6.17 Å². The van der Waals surface area contributed by atoms with Gasteiger partial charge in [-0.15, -0.1) is 11.3 Å². The molecule has 2 aromatic carbocycles. The van der Waals surface area contributed by atoms with Crippen LogP contribution in [0.4, 0.5) is 10.5 Å². The number of nitrogens with one attached hydrogen (secondary N) is 2.